The molecule has 0 aromatic heterocycles. The predicted octanol–water partition coefficient (Wildman–Crippen LogP) is 3.82. The van der Waals surface area contributed by atoms with Gasteiger partial charge in [0.15, 0.2) is 0 Å². The molecule has 0 heterocycles. The van der Waals surface area contributed by atoms with Gasteiger partial charge in [0.05, 0.1) is 17.7 Å². The highest BCUT2D eigenvalue weighted by Gasteiger charge is 2.14. The monoisotopic (exact) mass is 325 g/mol. The van der Waals surface area contributed by atoms with Gasteiger partial charge < -0.3 is 14.8 Å². The second-order valence-electron chi connectivity index (χ2n) is 5.46. The Labute approximate surface area is 137 Å². The predicted molar refractivity (Wildman–Crippen MR) is 87.8 cm³/mol. The summed E-state index contributed by atoms with van der Waals surface area (Å²) < 4.78 is 11.1. The fourth-order valence-corrected chi connectivity index (χ4v) is 2.83. The lowest BCUT2D eigenvalue weighted by Gasteiger charge is -2.11. The minimum Gasteiger partial charge on any atom is -0.492 e. The second-order valence-corrected chi connectivity index (χ2v) is 5.87. The van der Waals surface area contributed by atoms with E-state index >= 15 is 0 Å². The second kappa shape index (κ2) is 9.01. The van der Waals surface area contributed by atoms with Crippen LogP contribution in [0.15, 0.2) is 18.2 Å². The van der Waals surface area contributed by atoms with Crippen molar-refractivity contribution in [3.05, 3.63) is 28.8 Å². The number of hydrogen-bond acceptors (Lipinski definition) is 3. The number of carbonyl (C=O) groups is 1. The highest BCUT2D eigenvalue weighted by atomic mass is 35.5. The molecule has 1 fully saturated rings. The van der Waals surface area contributed by atoms with Crippen molar-refractivity contribution in [3.63, 3.8) is 0 Å². The normalized spacial score (nSPS) is 15.0. The summed E-state index contributed by atoms with van der Waals surface area (Å²) >= 11 is 6.08. The van der Waals surface area contributed by atoms with E-state index in [2.05, 4.69) is 5.32 Å². The largest absolute Gasteiger partial charge is 0.492 e. The summed E-state index contributed by atoms with van der Waals surface area (Å²) in [5.74, 6) is 0.483. The molecule has 5 heteroatoms. The van der Waals surface area contributed by atoms with Gasteiger partial charge >= 0.3 is 0 Å². The van der Waals surface area contributed by atoms with E-state index < -0.39 is 0 Å². The summed E-state index contributed by atoms with van der Waals surface area (Å²) in [5.41, 5.74) is 0.546. The van der Waals surface area contributed by atoms with Crippen LogP contribution in [0.25, 0.3) is 0 Å². The van der Waals surface area contributed by atoms with Crippen LogP contribution in [0, 0.1) is 0 Å². The van der Waals surface area contributed by atoms with Crippen molar-refractivity contribution in [2.24, 2.45) is 0 Å². The lowest BCUT2D eigenvalue weighted by atomic mass is 10.2. The van der Waals surface area contributed by atoms with E-state index in [0.29, 0.717) is 42.2 Å². The summed E-state index contributed by atoms with van der Waals surface area (Å²) in [7, 11) is 0. The van der Waals surface area contributed by atoms with Gasteiger partial charge in [-0.25, -0.2) is 0 Å². The molecule has 1 aromatic carbocycles. The lowest BCUT2D eigenvalue weighted by Crippen LogP contribution is -2.25. The summed E-state index contributed by atoms with van der Waals surface area (Å²) in [6.07, 6.45) is 6.17. The van der Waals surface area contributed by atoms with Crippen molar-refractivity contribution >= 4 is 17.5 Å². The van der Waals surface area contributed by atoms with E-state index in [-0.39, 0.29) is 5.91 Å². The van der Waals surface area contributed by atoms with Crippen molar-refractivity contribution in [2.45, 2.75) is 45.1 Å². The zero-order chi connectivity index (χ0) is 15.8. The van der Waals surface area contributed by atoms with Crippen molar-refractivity contribution in [3.8, 4) is 5.75 Å². The number of ether oxygens (including phenoxy) is 2. The Kier molecular flexibility index (Phi) is 7.00. The molecule has 1 aliphatic carbocycles. The Hall–Kier alpha value is -1.26. The zero-order valence-corrected chi connectivity index (χ0v) is 13.8. The molecule has 1 saturated carbocycles. The van der Waals surface area contributed by atoms with Gasteiger partial charge in [-0.1, -0.05) is 24.4 Å². The van der Waals surface area contributed by atoms with Crippen LogP contribution in [0.1, 0.15) is 49.4 Å². The van der Waals surface area contributed by atoms with Crippen LogP contribution in [0.3, 0.4) is 0 Å². The maximum atomic E-state index is 12.0. The number of benzene rings is 1. The molecule has 0 saturated heterocycles. The molecule has 0 bridgehead atoms. The third kappa shape index (κ3) is 5.18. The van der Waals surface area contributed by atoms with Crippen molar-refractivity contribution in [2.75, 3.05) is 19.8 Å². The maximum absolute atomic E-state index is 12.0. The highest BCUT2D eigenvalue weighted by molar-refractivity contribution is 6.32. The van der Waals surface area contributed by atoms with Crippen LogP contribution in [0.5, 0.6) is 5.75 Å². The van der Waals surface area contributed by atoms with Gasteiger partial charge in [-0.15, -0.1) is 0 Å². The molecular formula is C17H24ClNO3. The first-order valence-electron chi connectivity index (χ1n) is 8.03. The first-order valence-corrected chi connectivity index (χ1v) is 8.40. The number of halogens is 1. The standard InChI is InChI=1S/C17H24ClNO3/c1-2-21-16-9-8-13(12-15(16)18)17(20)19-10-5-11-22-14-6-3-4-7-14/h8-9,12,14H,2-7,10-11H2,1H3,(H,19,20). The van der Waals surface area contributed by atoms with Gasteiger partial charge in [0.2, 0.25) is 0 Å². The molecule has 1 amide bonds. The number of carbonyl (C=O) groups excluding carboxylic acids is 1. The number of amides is 1. The SMILES string of the molecule is CCOc1ccc(C(=O)NCCCOC2CCCC2)cc1Cl. The molecule has 0 atom stereocenters. The van der Waals surface area contributed by atoms with Gasteiger partial charge in [0.25, 0.3) is 5.91 Å². The Morgan fingerprint density at radius 1 is 1.36 bits per heavy atom. The molecule has 4 nitrogen and oxygen atoms in total. The number of rotatable bonds is 8. The average Bonchev–Trinajstić information content (AvgIpc) is 3.02. The van der Waals surface area contributed by atoms with E-state index in [1.165, 1.54) is 25.7 Å². The van der Waals surface area contributed by atoms with Gasteiger partial charge in [0.1, 0.15) is 5.75 Å². The molecule has 22 heavy (non-hydrogen) atoms. The van der Waals surface area contributed by atoms with Crippen molar-refractivity contribution in [1.29, 1.82) is 0 Å². The molecule has 0 aliphatic heterocycles. The first kappa shape index (κ1) is 17.1. The molecular weight excluding hydrogens is 302 g/mol. The fourth-order valence-electron chi connectivity index (χ4n) is 2.60. The minimum absolute atomic E-state index is 0.120. The van der Waals surface area contributed by atoms with E-state index in [1.807, 2.05) is 6.92 Å². The minimum atomic E-state index is -0.120. The first-order chi connectivity index (χ1) is 10.7. The van der Waals surface area contributed by atoms with Crippen LogP contribution < -0.4 is 10.1 Å². The lowest BCUT2D eigenvalue weighted by molar-refractivity contribution is 0.0565. The zero-order valence-electron chi connectivity index (χ0n) is 13.1. The van der Waals surface area contributed by atoms with E-state index in [0.717, 1.165) is 6.42 Å². The molecule has 0 spiro atoms. The summed E-state index contributed by atoms with van der Waals surface area (Å²) in [6, 6.07) is 5.09. The van der Waals surface area contributed by atoms with E-state index in [1.54, 1.807) is 18.2 Å². The Balaban J connectivity index is 1.69. The van der Waals surface area contributed by atoms with Crippen molar-refractivity contribution in [1.82, 2.24) is 5.32 Å². The summed E-state index contributed by atoms with van der Waals surface area (Å²) in [6.45, 7) is 3.75. The topological polar surface area (TPSA) is 47.6 Å². The smallest absolute Gasteiger partial charge is 0.251 e. The van der Waals surface area contributed by atoms with E-state index in [4.69, 9.17) is 21.1 Å². The third-order valence-corrected chi connectivity index (χ3v) is 4.05. The average molecular weight is 326 g/mol. The molecule has 0 unspecified atom stereocenters. The summed E-state index contributed by atoms with van der Waals surface area (Å²) in [5, 5.41) is 3.34. The molecule has 1 aromatic rings. The van der Waals surface area contributed by atoms with E-state index in [9.17, 15) is 4.79 Å². The van der Waals surface area contributed by atoms with Crippen LogP contribution in [-0.2, 0) is 4.74 Å². The van der Waals surface area contributed by atoms with Gasteiger partial charge in [0, 0.05) is 18.7 Å². The third-order valence-electron chi connectivity index (χ3n) is 3.76. The maximum Gasteiger partial charge on any atom is 0.251 e. The molecule has 1 aliphatic rings. The summed E-state index contributed by atoms with van der Waals surface area (Å²) in [4.78, 5) is 12.0. The Morgan fingerprint density at radius 3 is 2.82 bits per heavy atom. The van der Waals surface area contributed by atoms with Crippen LogP contribution in [0.4, 0.5) is 0 Å². The Bertz CT molecular complexity index is 487. The molecule has 122 valence electrons. The van der Waals surface area contributed by atoms with Gasteiger partial charge in [-0.3, -0.25) is 4.79 Å². The quantitative estimate of drug-likeness (QED) is 0.739. The Morgan fingerprint density at radius 2 is 2.14 bits per heavy atom. The highest BCUT2D eigenvalue weighted by Crippen LogP contribution is 2.25. The van der Waals surface area contributed by atoms with Crippen LogP contribution in [-0.4, -0.2) is 31.8 Å². The fraction of sp³-hybridized carbons (Fsp3) is 0.588. The molecule has 2 rings (SSSR count). The molecule has 1 N–H and O–H groups in total. The van der Waals surface area contributed by atoms with Crippen LogP contribution in [0.2, 0.25) is 5.02 Å². The van der Waals surface area contributed by atoms with Crippen LogP contribution >= 0.6 is 11.6 Å². The number of hydrogen-bond donors (Lipinski definition) is 1. The van der Waals surface area contributed by atoms with Gasteiger partial charge in [-0.2, -0.15) is 0 Å². The number of nitrogens with one attached hydrogen (secondary N) is 1. The van der Waals surface area contributed by atoms with Gasteiger partial charge in [-0.05, 0) is 44.4 Å². The molecule has 0 radical (unpaired) electrons. The van der Waals surface area contributed by atoms with Crippen molar-refractivity contribution < 1.29 is 14.3 Å².